The van der Waals surface area contributed by atoms with Crippen molar-refractivity contribution in [2.75, 3.05) is 13.2 Å². The molecule has 1 saturated carbocycles. The van der Waals surface area contributed by atoms with Crippen LogP contribution >= 0.6 is 0 Å². The largest absolute Gasteiger partial charge is 0.394 e. The Morgan fingerprint density at radius 3 is 2.20 bits per heavy atom. The Balaban J connectivity index is 0.000000548. The summed E-state index contributed by atoms with van der Waals surface area (Å²) < 4.78 is 0. The van der Waals surface area contributed by atoms with Crippen LogP contribution in [0.15, 0.2) is 33.0 Å². The average molecular weight is 418 g/mol. The van der Waals surface area contributed by atoms with E-state index in [1.807, 2.05) is 6.92 Å². The minimum atomic E-state index is 0.152. The van der Waals surface area contributed by atoms with E-state index in [1.165, 1.54) is 43.4 Å². The van der Waals surface area contributed by atoms with Crippen LogP contribution < -0.4 is 5.32 Å². The van der Waals surface area contributed by atoms with Gasteiger partial charge in [-0.05, 0) is 44.6 Å². The summed E-state index contributed by atoms with van der Waals surface area (Å²) in [6, 6.07) is 0.156. The van der Waals surface area contributed by atoms with Gasteiger partial charge < -0.3 is 10.4 Å². The highest BCUT2D eigenvalue weighted by molar-refractivity contribution is 6.46. The van der Waals surface area contributed by atoms with E-state index >= 15 is 0 Å². The normalized spacial score (nSPS) is 24.1. The maximum atomic E-state index is 9.45. The number of rotatable bonds is 3. The minimum absolute atomic E-state index is 0.152. The molecule has 2 aliphatic heterocycles. The first-order valence-corrected chi connectivity index (χ1v) is 12.1. The number of hydrogen-bond donors (Lipinski definition) is 2. The van der Waals surface area contributed by atoms with Crippen LogP contribution in [0.25, 0.3) is 0 Å². The lowest BCUT2D eigenvalue weighted by Crippen LogP contribution is -2.31. The molecule has 0 aromatic heterocycles. The van der Waals surface area contributed by atoms with Gasteiger partial charge in [0.15, 0.2) is 0 Å². The number of unbranched alkanes of at least 4 members (excludes halogenated alkanes) is 1. The predicted molar refractivity (Wildman–Crippen MR) is 133 cm³/mol. The molecule has 4 heteroatoms. The second-order valence-electron chi connectivity index (χ2n) is 9.73. The summed E-state index contributed by atoms with van der Waals surface area (Å²) in [7, 11) is 0. The monoisotopic (exact) mass is 417 g/mol. The Labute approximate surface area is 186 Å². The van der Waals surface area contributed by atoms with Crippen molar-refractivity contribution in [2.45, 2.75) is 112 Å². The number of hydrogen-bond acceptors (Lipinski definition) is 4. The quantitative estimate of drug-likeness (QED) is 0.543. The highest BCUT2D eigenvalue weighted by Gasteiger charge is 2.20. The van der Waals surface area contributed by atoms with Gasteiger partial charge in [-0.2, -0.15) is 0 Å². The van der Waals surface area contributed by atoms with Crippen LogP contribution in [0.1, 0.15) is 106 Å². The molecule has 0 radical (unpaired) electrons. The Hall–Kier alpha value is -1.42. The molecule has 3 aliphatic rings. The molecule has 1 atom stereocenters. The maximum absolute atomic E-state index is 9.45. The second-order valence-corrected chi connectivity index (χ2v) is 9.73. The number of aliphatic hydroxyl groups is 1. The molecule has 1 unspecified atom stereocenters. The van der Waals surface area contributed by atoms with Crippen molar-refractivity contribution in [3.05, 3.63) is 23.0 Å². The maximum Gasteiger partial charge on any atom is 0.0837 e. The van der Waals surface area contributed by atoms with Crippen LogP contribution in [0.5, 0.6) is 0 Å². The van der Waals surface area contributed by atoms with Crippen molar-refractivity contribution < 1.29 is 5.11 Å². The highest BCUT2D eigenvalue weighted by atomic mass is 16.3. The fraction of sp³-hybridized carbons (Fsp3) is 0.769. The van der Waals surface area contributed by atoms with Crippen LogP contribution in [0, 0.1) is 5.41 Å². The smallest absolute Gasteiger partial charge is 0.0837 e. The summed E-state index contributed by atoms with van der Waals surface area (Å²) in [6.07, 6.45) is 13.6. The van der Waals surface area contributed by atoms with Crippen molar-refractivity contribution in [2.24, 2.45) is 15.4 Å². The summed E-state index contributed by atoms with van der Waals surface area (Å²) in [4.78, 5) is 9.56. The zero-order valence-electron chi connectivity index (χ0n) is 20.8. The van der Waals surface area contributed by atoms with Gasteiger partial charge in [0.1, 0.15) is 0 Å². The average Bonchev–Trinajstić information content (AvgIpc) is 3.58. The SMILES string of the molecule is C1CC1.CC1=N/C(=C2\CCCCC(CO)N2)CN=C1/C=C(\C)C(C)(C)C.CCCC. The van der Waals surface area contributed by atoms with Crippen molar-refractivity contribution in [3.63, 3.8) is 0 Å². The molecule has 2 fully saturated rings. The van der Waals surface area contributed by atoms with Gasteiger partial charge in [-0.15, -0.1) is 0 Å². The van der Waals surface area contributed by atoms with Gasteiger partial charge in [-0.25, -0.2) is 0 Å². The van der Waals surface area contributed by atoms with E-state index in [0.717, 1.165) is 42.8 Å². The Morgan fingerprint density at radius 2 is 1.73 bits per heavy atom. The van der Waals surface area contributed by atoms with E-state index < -0.39 is 0 Å². The first kappa shape index (κ1) is 26.6. The van der Waals surface area contributed by atoms with E-state index in [-0.39, 0.29) is 18.1 Å². The van der Waals surface area contributed by atoms with E-state index in [2.05, 4.69) is 52.9 Å². The first-order chi connectivity index (χ1) is 14.2. The molecule has 1 saturated heterocycles. The molecule has 0 aromatic carbocycles. The molecule has 2 N–H and O–H groups in total. The highest BCUT2D eigenvalue weighted by Crippen LogP contribution is 2.25. The standard InChI is InChI=1S/C19H31N3O.C4H10.C3H6/c1-13(19(3,4)5)10-17-14(2)21-18(11-20-17)16-9-7-6-8-15(12-23)22-16;1-3-4-2;1-2-3-1/h10,15,22-23H,6-9,11-12H2,1-5H3;3-4H2,1-2H3;1-3H2/b13-10+,18-16+;;. The van der Waals surface area contributed by atoms with Gasteiger partial charge >= 0.3 is 0 Å². The zero-order valence-corrected chi connectivity index (χ0v) is 20.8. The molecule has 2 heterocycles. The van der Waals surface area contributed by atoms with Crippen LogP contribution in [-0.4, -0.2) is 35.7 Å². The van der Waals surface area contributed by atoms with Crippen molar-refractivity contribution >= 4 is 11.4 Å². The van der Waals surface area contributed by atoms with Gasteiger partial charge in [0.2, 0.25) is 0 Å². The molecule has 4 nitrogen and oxygen atoms in total. The Morgan fingerprint density at radius 1 is 1.10 bits per heavy atom. The molecular weight excluding hydrogens is 370 g/mol. The molecule has 30 heavy (non-hydrogen) atoms. The Bertz CT molecular complexity index is 628. The summed E-state index contributed by atoms with van der Waals surface area (Å²) in [6.45, 7) is 16.0. The number of nitrogens with one attached hydrogen (secondary N) is 1. The van der Waals surface area contributed by atoms with Gasteiger partial charge in [-0.3, -0.25) is 9.98 Å². The molecule has 0 spiro atoms. The van der Waals surface area contributed by atoms with Gasteiger partial charge in [0.05, 0.1) is 30.3 Å². The van der Waals surface area contributed by atoms with Crippen LogP contribution in [0.3, 0.4) is 0 Å². The summed E-state index contributed by atoms with van der Waals surface area (Å²) in [5.41, 5.74) is 5.64. The van der Waals surface area contributed by atoms with Gasteiger partial charge in [0, 0.05) is 11.7 Å². The number of allylic oxidation sites excluding steroid dienone is 3. The first-order valence-electron chi connectivity index (χ1n) is 12.1. The van der Waals surface area contributed by atoms with Crippen LogP contribution in [0.2, 0.25) is 0 Å². The molecule has 1 aliphatic carbocycles. The third-order valence-electron chi connectivity index (χ3n) is 5.64. The third-order valence-corrected chi connectivity index (χ3v) is 5.64. The zero-order chi connectivity index (χ0) is 22.6. The lowest BCUT2D eigenvalue weighted by Gasteiger charge is -2.22. The van der Waals surface area contributed by atoms with E-state index in [4.69, 9.17) is 9.98 Å². The van der Waals surface area contributed by atoms with Crippen molar-refractivity contribution in [3.8, 4) is 0 Å². The van der Waals surface area contributed by atoms with E-state index in [0.29, 0.717) is 6.54 Å². The predicted octanol–water partition coefficient (Wildman–Crippen LogP) is 6.61. The van der Waals surface area contributed by atoms with E-state index in [9.17, 15) is 5.11 Å². The van der Waals surface area contributed by atoms with E-state index in [1.54, 1.807) is 0 Å². The summed E-state index contributed by atoms with van der Waals surface area (Å²) in [5.74, 6) is 0. The summed E-state index contributed by atoms with van der Waals surface area (Å²) in [5, 5.41) is 12.9. The van der Waals surface area contributed by atoms with Crippen molar-refractivity contribution in [1.82, 2.24) is 5.32 Å². The van der Waals surface area contributed by atoms with Gasteiger partial charge in [0.25, 0.3) is 0 Å². The number of aliphatic imine (C=N–C) groups is 2. The molecule has 3 rings (SSSR count). The van der Waals surface area contributed by atoms with Crippen molar-refractivity contribution in [1.29, 1.82) is 0 Å². The summed E-state index contributed by atoms with van der Waals surface area (Å²) >= 11 is 0. The lowest BCUT2D eigenvalue weighted by molar-refractivity contribution is 0.244. The fourth-order valence-electron chi connectivity index (χ4n) is 2.75. The molecule has 0 bridgehead atoms. The molecule has 172 valence electrons. The Kier molecular flexibility index (Phi) is 12.2. The van der Waals surface area contributed by atoms with Crippen LogP contribution in [0.4, 0.5) is 0 Å². The number of aliphatic hydroxyl groups excluding tert-OH is 1. The second kappa shape index (κ2) is 13.8. The minimum Gasteiger partial charge on any atom is -0.394 e. The molecular formula is C26H47N3O. The number of nitrogens with zero attached hydrogens (tertiary/aromatic N) is 2. The molecule has 0 aromatic rings. The third kappa shape index (κ3) is 10.6. The molecule has 0 amide bonds. The lowest BCUT2D eigenvalue weighted by atomic mass is 9.86. The topological polar surface area (TPSA) is 57.0 Å². The van der Waals surface area contributed by atoms with Crippen LogP contribution in [-0.2, 0) is 0 Å². The fourth-order valence-corrected chi connectivity index (χ4v) is 2.75. The van der Waals surface area contributed by atoms with Gasteiger partial charge in [-0.1, -0.05) is 78.7 Å².